The molecule has 0 aromatic rings. The largest absolute Gasteiger partial charge is 0.376 e. The molecule has 0 unspecified atom stereocenters. The van der Waals surface area contributed by atoms with Gasteiger partial charge in [0.1, 0.15) is 0 Å². The number of aliphatic imine (C=N–C) groups is 1. The Balaban J connectivity index is 2.28. The third kappa shape index (κ3) is 1.55. The van der Waals surface area contributed by atoms with Crippen molar-refractivity contribution in [2.24, 2.45) is 10.4 Å². The highest BCUT2D eigenvalue weighted by atomic mass is 16.5. The number of hydrogen-bond donors (Lipinski definition) is 0. The first-order valence-electron chi connectivity index (χ1n) is 4.93. The molecule has 72 valence electrons. The lowest BCUT2D eigenvalue weighted by Gasteiger charge is -2.24. The van der Waals surface area contributed by atoms with E-state index in [0.29, 0.717) is 0 Å². The minimum absolute atomic E-state index is 0.178. The van der Waals surface area contributed by atoms with Crippen LogP contribution in [0.4, 0.5) is 0 Å². The molecular formula is C11H17NO. The summed E-state index contributed by atoms with van der Waals surface area (Å²) in [6, 6.07) is 0. The lowest BCUT2D eigenvalue weighted by Crippen LogP contribution is -2.25. The van der Waals surface area contributed by atoms with Gasteiger partial charge < -0.3 is 4.74 Å². The SMILES string of the molecule is CC(C)(C)C1=NCC2=C1COCC2. The predicted octanol–water partition coefficient (Wildman–Crippen LogP) is 2.20. The molecule has 0 N–H and O–H groups in total. The number of ether oxygens (including phenoxy) is 1. The summed E-state index contributed by atoms with van der Waals surface area (Å²) in [5, 5.41) is 0. The van der Waals surface area contributed by atoms with Gasteiger partial charge in [-0.05, 0) is 12.0 Å². The maximum atomic E-state index is 5.47. The molecular weight excluding hydrogens is 162 g/mol. The average molecular weight is 179 g/mol. The Bertz CT molecular complexity index is 281. The molecule has 0 saturated heterocycles. The summed E-state index contributed by atoms with van der Waals surface area (Å²) >= 11 is 0. The van der Waals surface area contributed by atoms with Crippen LogP contribution in [0.5, 0.6) is 0 Å². The molecule has 0 radical (unpaired) electrons. The Morgan fingerprint density at radius 2 is 2.08 bits per heavy atom. The van der Waals surface area contributed by atoms with Crippen LogP contribution in [0.25, 0.3) is 0 Å². The summed E-state index contributed by atoms with van der Waals surface area (Å²) in [6.07, 6.45) is 1.08. The first-order chi connectivity index (χ1) is 6.09. The van der Waals surface area contributed by atoms with E-state index in [2.05, 4.69) is 25.8 Å². The molecule has 2 heterocycles. The van der Waals surface area contributed by atoms with Crippen LogP contribution >= 0.6 is 0 Å². The van der Waals surface area contributed by atoms with Crippen molar-refractivity contribution < 1.29 is 4.74 Å². The second kappa shape index (κ2) is 2.95. The molecule has 0 bridgehead atoms. The highest BCUT2D eigenvalue weighted by Crippen LogP contribution is 2.31. The van der Waals surface area contributed by atoms with Gasteiger partial charge in [0.25, 0.3) is 0 Å². The highest BCUT2D eigenvalue weighted by Gasteiger charge is 2.29. The predicted molar refractivity (Wildman–Crippen MR) is 54.2 cm³/mol. The van der Waals surface area contributed by atoms with Crippen molar-refractivity contribution in [3.8, 4) is 0 Å². The van der Waals surface area contributed by atoms with Crippen molar-refractivity contribution in [1.82, 2.24) is 0 Å². The maximum Gasteiger partial charge on any atom is 0.0735 e. The van der Waals surface area contributed by atoms with Crippen LogP contribution in [0.1, 0.15) is 27.2 Å². The quantitative estimate of drug-likeness (QED) is 0.558. The van der Waals surface area contributed by atoms with Gasteiger partial charge in [-0.25, -0.2) is 0 Å². The molecule has 0 spiro atoms. The van der Waals surface area contributed by atoms with E-state index < -0.39 is 0 Å². The van der Waals surface area contributed by atoms with E-state index >= 15 is 0 Å². The number of hydrogen-bond acceptors (Lipinski definition) is 2. The second-order valence-corrected chi connectivity index (χ2v) is 4.80. The molecule has 0 aromatic heterocycles. The van der Waals surface area contributed by atoms with Gasteiger partial charge in [0.2, 0.25) is 0 Å². The van der Waals surface area contributed by atoms with Gasteiger partial charge in [0.05, 0.1) is 19.8 Å². The van der Waals surface area contributed by atoms with Crippen LogP contribution in [0, 0.1) is 5.41 Å². The normalized spacial score (nSPS) is 23.2. The smallest absolute Gasteiger partial charge is 0.0735 e. The third-order valence-corrected chi connectivity index (χ3v) is 2.65. The van der Waals surface area contributed by atoms with Gasteiger partial charge in [-0.3, -0.25) is 4.99 Å². The van der Waals surface area contributed by atoms with Crippen molar-refractivity contribution in [3.05, 3.63) is 11.1 Å². The van der Waals surface area contributed by atoms with Crippen molar-refractivity contribution in [2.45, 2.75) is 27.2 Å². The second-order valence-electron chi connectivity index (χ2n) is 4.80. The lowest BCUT2D eigenvalue weighted by molar-refractivity contribution is 0.150. The molecule has 2 nitrogen and oxygen atoms in total. The third-order valence-electron chi connectivity index (χ3n) is 2.65. The van der Waals surface area contributed by atoms with Crippen LogP contribution in [0.15, 0.2) is 16.1 Å². The van der Waals surface area contributed by atoms with E-state index in [0.717, 1.165) is 26.2 Å². The van der Waals surface area contributed by atoms with Gasteiger partial charge in [-0.15, -0.1) is 0 Å². The molecule has 2 rings (SSSR count). The van der Waals surface area contributed by atoms with Crippen molar-refractivity contribution in [3.63, 3.8) is 0 Å². The van der Waals surface area contributed by atoms with E-state index in [4.69, 9.17) is 4.74 Å². The highest BCUT2D eigenvalue weighted by molar-refractivity contribution is 6.06. The fourth-order valence-corrected chi connectivity index (χ4v) is 1.99. The minimum atomic E-state index is 0.178. The topological polar surface area (TPSA) is 21.6 Å². The average Bonchev–Trinajstić information content (AvgIpc) is 2.45. The monoisotopic (exact) mass is 179 g/mol. The molecule has 2 aliphatic heterocycles. The number of nitrogens with zero attached hydrogens (tertiary/aromatic N) is 1. The zero-order valence-corrected chi connectivity index (χ0v) is 8.68. The first kappa shape index (κ1) is 8.95. The van der Waals surface area contributed by atoms with Gasteiger partial charge in [0, 0.05) is 16.7 Å². The molecule has 13 heavy (non-hydrogen) atoms. The van der Waals surface area contributed by atoms with Crippen LogP contribution < -0.4 is 0 Å². The molecule has 0 fully saturated rings. The van der Waals surface area contributed by atoms with E-state index in [9.17, 15) is 0 Å². The summed E-state index contributed by atoms with van der Waals surface area (Å²) in [6.45, 7) is 9.24. The van der Waals surface area contributed by atoms with Gasteiger partial charge in [0.15, 0.2) is 0 Å². The summed E-state index contributed by atoms with van der Waals surface area (Å²) in [5.41, 5.74) is 4.34. The Kier molecular flexibility index (Phi) is 2.03. The summed E-state index contributed by atoms with van der Waals surface area (Å²) < 4.78 is 5.47. The van der Waals surface area contributed by atoms with Crippen LogP contribution in [-0.4, -0.2) is 25.5 Å². The van der Waals surface area contributed by atoms with E-state index in [1.54, 1.807) is 0 Å². The van der Waals surface area contributed by atoms with Crippen LogP contribution in [0.2, 0.25) is 0 Å². The van der Waals surface area contributed by atoms with Crippen LogP contribution in [-0.2, 0) is 4.74 Å². The van der Waals surface area contributed by atoms with E-state index in [-0.39, 0.29) is 5.41 Å². The standard InChI is InChI=1S/C11H17NO/c1-11(2,3)10-9-7-13-5-4-8(9)6-12-10/h4-7H2,1-3H3. The fraction of sp³-hybridized carbons (Fsp3) is 0.727. The fourth-order valence-electron chi connectivity index (χ4n) is 1.99. The van der Waals surface area contributed by atoms with Crippen molar-refractivity contribution >= 4 is 5.71 Å². The Hall–Kier alpha value is -0.630. The Labute approximate surface area is 79.7 Å². The lowest BCUT2D eigenvalue weighted by atomic mass is 9.84. The molecule has 0 atom stereocenters. The van der Waals surface area contributed by atoms with Gasteiger partial charge in [-0.2, -0.15) is 0 Å². The molecule has 2 aliphatic rings. The summed E-state index contributed by atoms with van der Waals surface area (Å²) in [5.74, 6) is 0. The molecule has 0 aliphatic carbocycles. The van der Waals surface area contributed by atoms with Crippen molar-refractivity contribution in [1.29, 1.82) is 0 Å². The summed E-state index contributed by atoms with van der Waals surface area (Å²) in [7, 11) is 0. The number of rotatable bonds is 0. The van der Waals surface area contributed by atoms with E-state index in [1.165, 1.54) is 16.9 Å². The molecule has 2 heteroatoms. The first-order valence-corrected chi connectivity index (χ1v) is 4.93. The van der Waals surface area contributed by atoms with Crippen molar-refractivity contribution in [2.75, 3.05) is 19.8 Å². The molecule has 0 saturated carbocycles. The minimum Gasteiger partial charge on any atom is -0.376 e. The van der Waals surface area contributed by atoms with E-state index in [1.807, 2.05) is 0 Å². The zero-order chi connectivity index (χ0) is 9.47. The Morgan fingerprint density at radius 3 is 2.77 bits per heavy atom. The van der Waals surface area contributed by atoms with Gasteiger partial charge >= 0.3 is 0 Å². The summed E-state index contributed by atoms with van der Waals surface area (Å²) in [4.78, 5) is 4.61. The maximum absolute atomic E-state index is 5.47. The molecule has 0 aromatic carbocycles. The Morgan fingerprint density at radius 1 is 1.31 bits per heavy atom. The zero-order valence-electron chi connectivity index (χ0n) is 8.68. The molecule has 0 amide bonds. The van der Waals surface area contributed by atoms with Gasteiger partial charge in [-0.1, -0.05) is 20.8 Å². The van der Waals surface area contributed by atoms with Crippen LogP contribution in [0.3, 0.4) is 0 Å².